The Kier molecular flexibility index (Phi) is 3.93. The highest BCUT2D eigenvalue weighted by Crippen LogP contribution is 2.30. The Labute approximate surface area is 101 Å². The highest BCUT2D eigenvalue weighted by molar-refractivity contribution is 5.96. The van der Waals surface area contributed by atoms with E-state index in [0.29, 0.717) is 6.07 Å². The van der Waals surface area contributed by atoms with E-state index in [-0.39, 0.29) is 11.1 Å². The van der Waals surface area contributed by atoms with Crippen molar-refractivity contribution < 1.29 is 22.8 Å². The van der Waals surface area contributed by atoms with Crippen LogP contribution >= 0.6 is 0 Å². The quantitative estimate of drug-likeness (QED) is 0.764. The van der Waals surface area contributed by atoms with Crippen molar-refractivity contribution >= 4 is 5.91 Å². The van der Waals surface area contributed by atoms with Crippen LogP contribution in [0.25, 0.3) is 0 Å². The van der Waals surface area contributed by atoms with Crippen molar-refractivity contribution in [2.75, 3.05) is 14.2 Å². The molecule has 0 radical (unpaired) electrons. The Morgan fingerprint density at radius 3 is 2.50 bits per heavy atom. The predicted octanol–water partition coefficient (Wildman–Crippen LogP) is 2.21. The average Bonchev–Trinajstić information content (AvgIpc) is 2.35. The van der Waals surface area contributed by atoms with E-state index < -0.39 is 17.6 Å². The highest BCUT2D eigenvalue weighted by atomic mass is 19.4. The first kappa shape index (κ1) is 14.0. The first-order chi connectivity index (χ1) is 8.31. The van der Waals surface area contributed by atoms with Crippen LogP contribution in [0.1, 0.15) is 21.5 Å². The van der Waals surface area contributed by atoms with E-state index in [2.05, 4.69) is 4.84 Å². The molecule has 0 aliphatic rings. The normalized spacial score (nSPS) is 10.9. The van der Waals surface area contributed by atoms with Crippen molar-refractivity contribution in [1.82, 2.24) is 5.06 Å². The van der Waals surface area contributed by atoms with Gasteiger partial charge in [-0.3, -0.25) is 9.63 Å². The van der Waals surface area contributed by atoms with Crippen molar-refractivity contribution in [2.45, 2.75) is 6.18 Å². The summed E-state index contributed by atoms with van der Waals surface area (Å²) in [6.07, 6.45) is -4.57. The van der Waals surface area contributed by atoms with Gasteiger partial charge in [-0.2, -0.15) is 18.4 Å². The molecule has 18 heavy (non-hydrogen) atoms. The largest absolute Gasteiger partial charge is 0.416 e. The molecule has 0 saturated heterocycles. The molecule has 0 heterocycles. The van der Waals surface area contributed by atoms with Crippen molar-refractivity contribution in [3.05, 3.63) is 34.9 Å². The summed E-state index contributed by atoms with van der Waals surface area (Å²) in [5, 5.41) is 9.52. The number of rotatable bonds is 2. The minimum absolute atomic E-state index is 0.142. The summed E-state index contributed by atoms with van der Waals surface area (Å²) in [5.74, 6) is -0.819. The van der Waals surface area contributed by atoms with Crippen LogP contribution in [0.2, 0.25) is 0 Å². The molecular formula is C11H9F3N2O2. The van der Waals surface area contributed by atoms with Gasteiger partial charge in [0.2, 0.25) is 0 Å². The molecule has 0 spiro atoms. The Hall–Kier alpha value is -2.07. The molecule has 0 fully saturated rings. The molecule has 4 nitrogen and oxygen atoms in total. The molecule has 0 unspecified atom stereocenters. The zero-order chi connectivity index (χ0) is 13.9. The lowest BCUT2D eigenvalue weighted by Crippen LogP contribution is -2.26. The van der Waals surface area contributed by atoms with Crippen molar-refractivity contribution in [2.24, 2.45) is 0 Å². The second-order valence-electron chi connectivity index (χ2n) is 3.36. The second kappa shape index (κ2) is 5.06. The van der Waals surface area contributed by atoms with Crippen LogP contribution in [-0.2, 0) is 11.0 Å². The van der Waals surface area contributed by atoms with Crippen molar-refractivity contribution in [3.63, 3.8) is 0 Å². The summed E-state index contributed by atoms with van der Waals surface area (Å²) in [5.41, 5.74) is -1.48. The lowest BCUT2D eigenvalue weighted by molar-refractivity contribution is -0.137. The number of carbonyl (C=O) groups is 1. The van der Waals surface area contributed by atoms with Crippen LogP contribution < -0.4 is 0 Å². The highest BCUT2D eigenvalue weighted by Gasteiger charge is 2.32. The van der Waals surface area contributed by atoms with E-state index in [1.807, 2.05) is 0 Å². The molecule has 0 N–H and O–H groups in total. The molecular weight excluding hydrogens is 249 g/mol. The van der Waals surface area contributed by atoms with E-state index in [1.54, 1.807) is 6.07 Å². The van der Waals surface area contributed by atoms with E-state index in [9.17, 15) is 18.0 Å². The summed E-state index contributed by atoms with van der Waals surface area (Å²) < 4.78 is 37.5. The SMILES string of the molecule is CON(C)C(=O)c1cc(C(F)(F)F)ccc1C#N. The van der Waals surface area contributed by atoms with Crippen LogP contribution in [0.5, 0.6) is 0 Å². The Balaban J connectivity index is 3.32. The number of benzene rings is 1. The lowest BCUT2D eigenvalue weighted by atomic mass is 10.0. The third kappa shape index (κ3) is 2.78. The molecule has 0 aromatic heterocycles. The fourth-order valence-corrected chi connectivity index (χ4v) is 1.25. The number of carbonyl (C=O) groups excluding carboxylic acids is 1. The molecule has 0 atom stereocenters. The number of nitriles is 1. The number of nitrogens with zero attached hydrogens (tertiary/aromatic N) is 2. The molecule has 1 aromatic rings. The zero-order valence-electron chi connectivity index (χ0n) is 9.58. The summed E-state index contributed by atoms with van der Waals surface area (Å²) in [4.78, 5) is 16.3. The Morgan fingerprint density at radius 2 is 2.06 bits per heavy atom. The van der Waals surface area contributed by atoms with Gasteiger partial charge in [-0.1, -0.05) is 0 Å². The fraction of sp³-hybridized carbons (Fsp3) is 0.273. The zero-order valence-corrected chi connectivity index (χ0v) is 9.58. The van der Waals surface area contributed by atoms with Gasteiger partial charge in [-0.15, -0.1) is 0 Å². The maximum atomic E-state index is 12.5. The second-order valence-corrected chi connectivity index (χ2v) is 3.36. The Morgan fingerprint density at radius 1 is 1.44 bits per heavy atom. The molecule has 0 aliphatic carbocycles. The number of hydroxylamine groups is 2. The van der Waals surface area contributed by atoms with E-state index in [1.165, 1.54) is 14.2 Å². The van der Waals surface area contributed by atoms with Crippen LogP contribution in [0, 0.1) is 11.3 Å². The van der Waals surface area contributed by atoms with Gasteiger partial charge in [0.05, 0.1) is 29.9 Å². The van der Waals surface area contributed by atoms with E-state index >= 15 is 0 Å². The van der Waals surface area contributed by atoms with Gasteiger partial charge in [0.25, 0.3) is 5.91 Å². The minimum Gasteiger partial charge on any atom is -0.274 e. The van der Waals surface area contributed by atoms with Crippen LogP contribution in [0.4, 0.5) is 13.2 Å². The van der Waals surface area contributed by atoms with Crippen molar-refractivity contribution in [1.29, 1.82) is 5.26 Å². The number of amides is 1. The van der Waals surface area contributed by atoms with Gasteiger partial charge in [-0.25, -0.2) is 5.06 Å². The number of alkyl halides is 3. The molecule has 7 heteroatoms. The predicted molar refractivity (Wildman–Crippen MR) is 55.3 cm³/mol. The topological polar surface area (TPSA) is 53.3 Å². The summed E-state index contributed by atoms with van der Waals surface area (Å²) in [7, 11) is 2.43. The maximum absolute atomic E-state index is 12.5. The molecule has 1 aromatic carbocycles. The average molecular weight is 258 g/mol. The number of hydrogen-bond acceptors (Lipinski definition) is 3. The lowest BCUT2D eigenvalue weighted by Gasteiger charge is -2.15. The summed E-state index contributed by atoms with van der Waals surface area (Å²) in [6.45, 7) is 0. The smallest absolute Gasteiger partial charge is 0.274 e. The summed E-state index contributed by atoms with van der Waals surface area (Å²) in [6, 6.07) is 4.01. The van der Waals surface area contributed by atoms with Gasteiger partial charge in [0.15, 0.2) is 0 Å². The molecule has 0 aliphatic heterocycles. The van der Waals surface area contributed by atoms with Gasteiger partial charge < -0.3 is 0 Å². The monoisotopic (exact) mass is 258 g/mol. The van der Waals surface area contributed by atoms with Gasteiger partial charge in [0, 0.05) is 7.05 Å². The Bertz CT molecular complexity index is 506. The third-order valence-corrected chi connectivity index (χ3v) is 2.26. The van der Waals surface area contributed by atoms with Gasteiger partial charge in [-0.05, 0) is 18.2 Å². The van der Waals surface area contributed by atoms with E-state index in [4.69, 9.17) is 5.26 Å². The van der Waals surface area contributed by atoms with Crippen LogP contribution in [-0.4, -0.2) is 25.1 Å². The number of halogens is 3. The molecule has 1 rings (SSSR count). The first-order valence-electron chi connectivity index (χ1n) is 4.74. The minimum atomic E-state index is -4.57. The van der Waals surface area contributed by atoms with Crippen LogP contribution in [0.3, 0.4) is 0 Å². The number of hydrogen-bond donors (Lipinski definition) is 0. The summed E-state index contributed by atoms with van der Waals surface area (Å²) >= 11 is 0. The van der Waals surface area contributed by atoms with Gasteiger partial charge >= 0.3 is 6.18 Å². The molecule has 0 saturated carbocycles. The molecule has 0 bridgehead atoms. The third-order valence-electron chi connectivity index (χ3n) is 2.26. The standard InChI is InChI=1S/C11H9F3N2O2/c1-16(18-2)10(17)9-5-8(11(12,13)14)4-3-7(9)6-15/h3-5H,1-2H3. The van der Waals surface area contributed by atoms with Gasteiger partial charge in [0.1, 0.15) is 0 Å². The maximum Gasteiger partial charge on any atom is 0.416 e. The van der Waals surface area contributed by atoms with Crippen molar-refractivity contribution in [3.8, 4) is 6.07 Å². The molecule has 96 valence electrons. The fourth-order valence-electron chi connectivity index (χ4n) is 1.25. The first-order valence-corrected chi connectivity index (χ1v) is 4.74. The van der Waals surface area contributed by atoms with E-state index in [0.717, 1.165) is 17.2 Å². The molecule has 1 amide bonds. The van der Waals surface area contributed by atoms with Crippen LogP contribution in [0.15, 0.2) is 18.2 Å².